The first kappa shape index (κ1) is 9.06. The number of hydrogen-bond donors (Lipinski definition) is 2. The van der Waals surface area contributed by atoms with E-state index in [1.807, 2.05) is 6.92 Å². The van der Waals surface area contributed by atoms with E-state index in [1.165, 1.54) is 0 Å². The van der Waals surface area contributed by atoms with Crippen LogP contribution in [0.1, 0.15) is 18.9 Å². The number of benzene rings is 1. The van der Waals surface area contributed by atoms with Crippen LogP contribution in [0.5, 0.6) is 5.75 Å². The molecular formula is C11H12O3. The van der Waals surface area contributed by atoms with E-state index in [-0.39, 0.29) is 17.1 Å². The van der Waals surface area contributed by atoms with Crippen LogP contribution in [0.2, 0.25) is 0 Å². The summed E-state index contributed by atoms with van der Waals surface area (Å²) in [6.07, 6.45) is 0.688. The summed E-state index contributed by atoms with van der Waals surface area (Å²) in [5.74, 6) is -0.794. The molecule has 2 rings (SSSR count). The van der Waals surface area contributed by atoms with Crippen molar-refractivity contribution in [1.29, 1.82) is 0 Å². The van der Waals surface area contributed by atoms with Crippen LogP contribution in [0.3, 0.4) is 0 Å². The van der Waals surface area contributed by atoms with Gasteiger partial charge in [-0.05, 0) is 24.1 Å². The molecule has 0 aliphatic heterocycles. The fourth-order valence-corrected chi connectivity index (χ4v) is 1.89. The van der Waals surface area contributed by atoms with Gasteiger partial charge in [0, 0.05) is 5.41 Å². The summed E-state index contributed by atoms with van der Waals surface area (Å²) in [6.45, 7) is 1.94. The van der Waals surface area contributed by atoms with E-state index in [1.54, 1.807) is 24.3 Å². The lowest BCUT2D eigenvalue weighted by atomic mass is 9.95. The highest BCUT2D eigenvalue weighted by Gasteiger charge is 2.55. The largest absolute Gasteiger partial charge is 0.508 e. The molecule has 0 heterocycles. The number of aliphatic carboxylic acids is 1. The third-order valence-electron chi connectivity index (χ3n) is 3.06. The number of carboxylic acid groups (broad SMARTS) is 1. The molecule has 0 unspecified atom stereocenters. The molecule has 1 aromatic carbocycles. The van der Waals surface area contributed by atoms with Crippen molar-refractivity contribution >= 4 is 5.97 Å². The van der Waals surface area contributed by atoms with Crippen molar-refractivity contribution in [3.05, 3.63) is 29.8 Å². The van der Waals surface area contributed by atoms with Gasteiger partial charge in [-0.25, -0.2) is 0 Å². The Bertz CT molecular complexity index is 369. The zero-order chi connectivity index (χ0) is 10.3. The van der Waals surface area contributed by atoms with E-state index in [0.29, 0.717) is 6.42 Å². The van der Waals surface area contributed by atoms with E-state index in [4.69, 9.17) is 10.2 Å². The van der Waals surface area contributed by atoms with Crippen LogP contribution >= 0.6 is 0 Å². The van der Waals surface area contributed by atoms with Crippen molar-refractivity contribution in [2.45, 2.75) is 18.8 Å². The highest BCUT2D eigenvalue weighted by atomic mass is 16.4. The summed E-state index contributed by atoms with van der Waals surface area (Å²) >= 11 is 0. The lowest BCUT2D eigenvalue weighted by molar-refractivity contribution is -0.138. The van der Waals surface area contributed by atoms with Gasteiger partial charge in [0.25, 0.3) is 0 Å². The van der Waals surface area contributed by atoms with Crippen LogP contribution in [-0.2, 0) is 10.2 Å². The van der Waals surface area contributed by atoms with E-state index < -0.39 is 5.97 Å². The number of aromatic hydroxyl groups is 1. The molecular weight excluding hydrogens is 180 g/mol. The molecule has 0 bridgehead atoms. The van der Waals surface area contributed by atoms with Crippen LogP contribution in [0.4, 0.5) is 0 Å². The summed E-state index contributed by atoms with van der Waals surface area (Å²) in [5.41, 5.74) is 0.752. The lowest BCUT2D eigenvalue weighted by Crippen LogP contribution is -2.10. The van der Waals surface area contributed by atoms with Gasteiger partial charge in [-0.1, -0.05) is 19.1 Å². The predicted molar refractivity (Wildman–Crippen MR) is 51.2 cm³/mol. The molecule has 1 aliphatic rings. The number of phenols is 1. The van der Waals surface area contributed by atoms with E-state index in [9.17, 15) is 4.79 Å². The standard InChI is InChI=1S/C11H12O3/c1-11(6-9(11)10(13)14)7-2-4-8(12)5-3-7/h2-5,9,12H,6H2,1H3,(H,13,14)/t9-,11-/m1/s1. The Morgan fingerprint density at radius 2 is 2.00 bits per heavy atom. The maximum atomic E-state index is 10.8. The Hall–Kier alpha value is -1.51. The Morgan fingerprint density at radius 1 is 1.43 bits per heavy atom. The van der Waals surface area contributed by atoms with Crippen LogP contribution in [0, 0.1) is 5.92 Å². The Balaban J connectivity index is 2.25. The molecule has 0 radical (unpaired) electrons. The Kier molecular flexibility index (Phi) is 1.77. The van der Waals surface area contributed by atoms with Gasteiger partial charge in [0.15, 0.2) is 0 Å². The SMILES string of the molecule is C[C@]1(c2ccc(O)cc2)C[C@@H]1C(=O)O. The van der Waals surface area contributed by atoms with Gasteiger partial charge in [-0.15, -0.1) is 0 Å². The molecule has 3 nitrogen and oxygen atoms in total. The summed E-state index contributed by atoms with van der Waals surface area (Å²) in [7, 11) is 0. The van der Waals surface area contributed by atoms with Crippen LogP contribution in [0.15, 0.2) is 24.3 Å². The molecule has 0 aromatic heterocycles. The topological polar surface area (TPSA) is 57.5 Å². The quantitative estimate of drug-likeness (QED) is 0.750. The minimum Gasteiger partial charge on any atom is -0.508 e. The third-order valence-corrected chi connectivity index (χ3v) is 3.06. The Morgan fingerprint density at radius 3 is 2.43 bits per heavy atom. The molecule has 1 aromatic rings. The summed E-state index contributed by atoms with van der Waals surface area (Å²) in [5, 5.41) is 18.0. The van der Waals surface area contributed by atoms with Crippen LogP contribution in [-0.4, -0.2) is 16.2 Å². The molecule has 1 aliphatic carbocycles. The van der Waals surface area contributed by atoms with Gasteiger partial charge >= 0.3 is 5.97 Å². The predicted octanol–water partition coefficient (Wildman–Crippen LogP) is 1.75. The first-order valence-electron chi connectivity index (χ1n) is 4.56. The van der Waals surface area contributed by atoms with Gasteiger partial charge in [0.2, 0.25) is 0 Å². The summed E-state index contributed by atoms with van der Waals surface area (Å²) in [6, 6.07) is 6.77. The summed E-state index contributed by atoms with van der Waals surface area (Å²) in [4.78, 5) is 10.8. The van der Waals surface area contributed by atoms with Crippen LogP contribution in [0.25, 0.3) is 0 Å². The molecule has 2 N–H and O–H groups in total. The average Bonchev–Trinajstić information content (AvgIpc) is 2.80. The van der Waals surface area contributed by atoms with E-state index >= 15 is 0 Å². The smallest absolute Gasteiger partial charge is 0.307 e. The van der Waals surface area contributed by atoms with Gasteiger partial charge in [0.05, 0.1) is 5.92 Å². The maximum Gasteiger partial charge on any atom is 0.307 e. The molecule has 3 heteroatoms. The molecule has 1 saturated carbocycles. The van der Waals surface area contributed by atoms with Gasteiger partial charge in [-0.3, -0.25) is 4.79 Å². The molecule has 0 spiro atoms. The number of carbonyl (C=O) groups is 1. The highest BCUT2D eigenvalue weighted by Crippen LogP contribution is 2.54. The molecule has 2 atom stereocenters. The molecule has 1 fully saturated rings. The second-order valence-electron chi connectivity index (χ2n) is 4.06. The third kappa shape index (κ3) is 1.25. The number of hydrogen-bond acceptors (Lipinski definition) is 2. The van der Waals surface area contributed by atoms with Crippen molar-refractivity contribution in [3.63, 3.8) is 0 Å². The normalized spacial score (nSPS) is 29.9. The summed E-state index contributed by atoms with van der Waals surface area (Å²) < 4.78 is 0. The van der Waals surface area contributed by atoms with E-state index in [0.717, 1.165) is 5.56 Å². The number of rotatable bonds is 2. The fraction of sp³-hybridized carbons (Fsp3) is 0.364. The maximum absolute atomic E-state index is 10.8. The van der Waals surface area contributed by atoms with Crippen molar-refractivity contribution < 1.29 is 15.0 Å². The monoisotopic (exact) mass is 192 g/mol. The number of phenolic OH excluding ortho intramolecular Hbond substituents is 1. The fourth-order valence-electron chi connectivity index (χ4n) is 1.89. The number of carboxylic acids is 1. The first-order chi connectivity index (χ1) is 6.54. The van der Waals surface area contributed by atoms with Gasteiger partial charge in [-0.2, -0.15) is 0 Å². The zero-order valence-corrected chi connectivity index (χ0v) is 7.90. The molecule has 74 valence electrons. The lowest BCUT2D eigenvalue weighted by Gasteiger charge is -2.09. The molecule has 14 heavy (non-hydrogen) atoms. The minimum absolute atomic E-state index is 0.213. The van der Waals surface area contributed by atoms with Gasteiger partial charge in [0.1, 0.15) is 5.75 Å². The van der Waals surface area contributed by atoms with Crippen molar-refractivity contribution in [2.24, 2.45) is 5.92 Å². The highest BCUT2D eigenvalue weighted by molar-refractivity contribution is 5.77. The average molecular weight is 192 g/mol. The van der Waals surface area contributed by atoms with Crippen molar-refractivity contribution in [2.75, 3.05) is 0 Å². The van der Waals surface area contributed by atoms with Crippen LogP contribution < -0.4 is 0 Å². The zero-order valence-electron chi connectivity index (χ0n) is 7.90. The first-order valence-corrected chi connectivity index (χ1v) is 4.56. The second kappa shape index (κ2) is 2.74. The molecule has 0 saturated heterocycles. The van der Waals surface area contributed by atoms with Crippen molar-refractivity contribution in [1.82, 2.24) is 0 Å². The Labute approximate surface area is 82.0 Å². The second-order valence-corrected chi connectivity index (χ2v) is 4.06. The van der Waals surface area contributed by atoms with Crippen molar-refractivity contribution in [3.8, 4) is 5.75 Å². The molecule has 0 amide bonds. The minimum atomic E-state index is -0.736. The van der Waals surface area contributed by atoms with E-state index in [2.05, 4.69) is 0 Å². The van der Waals surface area contributed by atoms with Gasteiger partial charge < -0.3 is 10.2 Å².